The molecule has 3 aliphatic rings. The number of hydrogen-bond acceptors (Lipinski definition) is 2. The van der Waals surface area contributed by atoms with Gasteiger partial charge in [0.2, 0.25) is 0 Å². The molecule has 0 aromatic carbocycles. The summed E-state index contributed by atoms with van der Waals surface area (Å²) in [5.41, 5.74) is 0.359. The van der Waals surface area contributed by atoms with Crippen LogP contribution >= 0.6 is 0 Å². The molecule has 17 heavy (non-hydrogen) atoms. The third kappa shape index (κ3) is 1.56. The van der Waals surface area contributed by atoms with Gasteiger partial charge in [0.15, 0.2) is 0 Å². The normalized spacial score (nSPS) is 52.5. The van der Waals surface area contributed by atoms with Gasteiger partial charge >= 0.3 is 5.97 Å². The zero-order chi connectivity index (χ0) is 14.7. The Morgan fingerprint density at radius 1 is 1.35 bits per heavy atom. The van der Waals surface area contributed by atoms with Gasteiger partial charge in [0, 0.05) is 10.0 Å². The van der Waals surface area contributed by atoms with Crippen molar-refractivity contribution in [2.75, 3.05) is 0 Å². The molecule has 1 saturated heterocycles. The molecule has 0 aromatic rings. The van der Waals surface area contributed by atoms with Gasteiger partial charge in [-0.2, -0.15) is 0 Å². The predicted octanol–water partition coefficient (Wildman–Crippen LogP) is 3.18. The summed E-state index contributed by atoms with van der Waals surface area (Å²) in [6, 6.07) is 0. The molecule has 0 N–H and O–H groups in total. The maximum Gasteiger partial charge on any atom is 0.309 e. The van der Waals surface area contributed by atoms with Gasteiger partial charge in [-0.05, 0) is 43.0 Å². The molecule has 1 aliphatic heterocycles. The number of esters is 1. The molecule has 0 aromatic heterocycles. The molecule has 1 saturated carbocycles. The number of rotatable bonds is 0. The second-order valence-electron chi connectivity index (χ2n) is 6.00. The summed E-state index contributed by atoms with van der Waals surface area (Å²) in [7, 11) is 0. The first-order valence-electron chi connectivity index (χ1n) is 8.21. The van der Waals surface area contributed by atoms with Gasteiger partial charge in [0.05, 0.1) is 5.92 Å². The summed E-state index contributed by atoms with van der Waals surface area (Å²) >= 11 is 0. The zero-order valence-electron chi connectivity index (χ0n) is 13.5. The zero-order valence-corrected chi connectivity index (χ0v) is 10.5. The molecule has 2 nitrogen and oxygen atoms in total. The number of ether oxygens (including phenoxy) is 1. The van der Waals surface area contributed by atoms with Crippen LogP contribution in [0.3, 0.4) is 0 Å². The van der Waals surface area contributed by atoms with Crippen molar-refractivity contribution >= 4 is 5.97 Å². The molecule has 0 amide bonds. The largest absolute Gasteiger partial charge is 0.457 e. The Bertz CT molecular complexity index is 455. The van der Waals surface area contributed by atoms with E-state index >= 15 is 0 Å². The molecule has 0 spiro atoms. The van der Waals surface area contributed by atoms with E-state index < -0.39 is 13.0 Å². The van der Waals surface area contributed by atoms with E-state index in [0.717, 1.165) is 19.3 Å². The van der Waals surface area contributed by atoms with Crippen LogP contribution in [0.2, 0.25) is 0 Å². The second kappa shape index (κ2) is 3.86. The highest BCUT2D eigenvalue weighted by molar-refractivity contribution is 5.74. The summed E-state index contributed by atoms with van der Waals surface area (Å²) in [4.78, 5) is 12.1. The summed E-state index contributed by atoms with van der Waals surface area (Å²) in [5, 5.41) is 0. The maximum atomic E-state index is 12.1. The molecule has 0 radical (unpaired) electrons. The SMILES string of the molecule is [2H]C([2H])([2H])C1=CC[C@@H]2[C@H]3[C@@H](CC[C@H]2C)[C@@H](C)C(=O)O[C@H]13. The maximum absolute atomic E-state index is 12.1. The van der Waals surface area contributed by atoms with Gasteiger partial charge in [0.1, 0.15) is 6.10 Å². The average Bonchev–Trinajstić information content (AvgIpc) is 2.36. The highest BCUT2D eigenvalue weighted by Crippen LogP contribution is 2.52. The van der Waals surface area contributed by atoms with E-state index in [1.54, 1.807) is 0 Å². The summed E-state index contributed by atoms with van der Waals surface area (Å²) in [5.74, 6) is 1.21. The van der Waals surface area contributed by atoms with Crippen molar-refractivity contribution in [2.24, 2.45) is 29.6 Å². The Labute approximate surface area is 108 Å². The van der Waals surface area contributed by atoms with E-state index in [4.69, 9.17) is 8.85 Å². The van der Waals surface area contributed by atoms with E-state index in [0.29, 0.717) is 17.4 Å². The van der Waals surface area contributed by atoms with Crippen LogP contribution in [0.25, 0.3) is 0 Å². The van der Waals surface area contributed by atoms with Crippen molar-refractivity contribution in [3.8, 4) is 0 Å². The van der Waals surface area contributed by atoms with E-state index in [9.17, 15) is 4.79 Å². The first-order valence-corrected chi connectivity index (χ1v) is 6.71. The molecule has 94 valence electrons. The van der Waals surface area contributed by atoms with Crippen molar-refractivity contribution in [2.45, 2.75) is 46.1 Å². The molecule has 1 heterocycles. The van der Waals surface area contributed by atoms with Crippen LogP contribution in [0.1, 0.15) is 44.1 Å². The van der Waals surface area contributed by atoms with Crippen molar-refractivity contribution in [3.63, 3.8) is 0 Å². The van der Waals surface area contributed by atoms with Crippen molar-refractivity contribution in [1.29, 1.82) is 0 Å². The summed E-state index contributed by atoms with van der Waals surface area (Å²) in [6.45, 7) is 2.03. The minimum Gasteiger partial charge on any atom is -0.457 e. The van der Waals surface area contributed by atoms with Crippen LogP contribution in [0.4, 0.5) is 0 Å². The number of allylic oxidation sites excluding steroid dienone is 1. The predicted molar refractivity (Wildman–Crippen MR) is 66.3 cm³/mol. The highest BCUT2D eigenvalue weighted by atomic mass is 16.5. The van der Waals surface area contributed by atoms with Crippen molar-refractivity contribution in [3.05, 3.63) is 11.6 Å². The van der Waals surface area contributed by atoms with Gasteiger partial charge in [-0.1, -0.05) is 26.3 Å². The Hall–Kier alpha value is -0.790. The minimum absolute atomic E-state index is 0.0952. The summed E-state index contributed by atoms with van der Waals surface area (Å²) < 4.78 is 28.6. The second-order valence-corrected chi connectivity index (χ2v) is 6.00. The van der Waals surface area contributed by atoms with Crippen LogP contribution in [-0.2, 0) is 9.53 Å². The molecule has 3 rings (SSSR count). The Morgan fingerprint density at radius 3 is 2.94 bits per heavy atom. The Kier molecular flexibility index (Phi) is 1.89. The third-order valence-electron chi connectivity index (χ3n) is 5.20. The highest BCUT2D eigenvalue weighted by Gasteiger charge is 2.51. The molecule has 0 bridgehead atoms. The first kappa shape index (κ1) is 8.34. The van der Waals surface area contributed by atoms with Gasteiger partial charge in [-0.3, -0.25) is 4.79 Å². The fraction of sp³-hybridized carbons (Fsp3) is 0.800. The monoisotopic (exact) mass is 237 g/mol. The molecular formula is C15H22O2. The molecule has 2 heteroatoms. The van der Waals surface area contributed by atoms with Gasteiger partial charge < -0.3 is 4.74 Å². The fourth-order valence-corrected chi connectivity index (χ4v) is 4.12. The fourth-order valence-electron chi connectivity index (χ4n) is 4.12. The van der Waals surface area contributed by atoms with Gasteiger partial charge in [-0.25, -0.2) is 0 Å². The first-order chi connectivity index (χ1) is 9.30. The molecule has 6 atom stereocenters. The smallest absolute Gasteiger partial charge is 0.309 e. The van der Waals surface area contributed by atoms with Crippen LogP contribution in [0, 0.1) is 29.6 Å². The Morgan fingerprint density at radius 2 is 2.18 bits per heavy atom. The van der Waals surface area contributed by atoms with E-state index in [1.807, 2.05) is 13.0 Å². The Balaban J connectivity index is 2.02. The summed E-state index contributed by atoms with van der Waals surface area (Å²) in [6.07, 6.45) is 4.27. The van der Waals surface area contributed by atoms with Crippen LogP contribution in [0.15, 0.2) is 11.6 Å². The van der Waals surface area contributed by atoms with E-state index in [2.05, 4.69) is 6.92 Å². The quantitative estimate of drug-likeness (QED) is 0.478. The minimum atomic E-state index is -2.15. The average molecular weight is 237 g/mol. The molecule has 2 fully saturated rings. The van der Waals surface area contributed by atoms with Crippen LogP contribution < -0.4 is 0 Å². The lowest BCUT2D eigenvalue weighted by Crippen LogP contribution is -2.52. The molecular weight excluding hydrogens is 212 g/mol. The van der Waals surface area contributed by atoms with Crippen molar-refractivity contribution in [1.82, 2.24) is 0 Å². The van der Waals surface area contributed by atoms with Crippen molar-refractivity contribution < 1.29 is 13.6 Å². The lowest BCUT2D eigenvalue weighted by Gasteiger charge is -2.52. The standard InChI is InChI=1S/C15H22O2/c1-8-4-7-12-10(3)15(16)17-14-9(2)5-6-11(8)13(12)14/h5,8,10-14H,4,6-7H2,1-3H3/t8-,10-,11+,12+,13+,14-/m1/s1/i2D3. The number of hydrogen-bond donors (Lipinski definition) is 0. The number of carbonyl (C=O) groups is 1. The lowest BCUT2D eigenvalue weighted by atomic mass is 9.57. The number of carbonyl (C=O) groups excluding carboxylic acids is 1. The van der Waals surface area contributed by atoms with Gasteiger partial charge in [0.25, 0.3) is 0 Å². The topological polar surface area (TPSA) is 26.3 Å². The van der Waals surface area contributed by atoms with E-state index in [1.165, 1.54) is 0 Å². The van der Waals surface area contributed by atoms with E-state index in [-0.39, 0.29) is 23.7 Å². The van der Waals surface area contributed by atoms with Crippen LogP contribution in [-0.4, -0.2) is 12.1 Å². The van der Waals surface area contributed by atoms with Crippen LogP contribution in [0.5, 0.6) is 0 Å². The molecule has 0 unspecified atom stereocenters. The third-order valence-corrected chi connectivity index (χ3v) is 5.20. The lowest BCUT2D eigenvalue weighted by molar-refractivity contribution is -0.177. The molecule has 2 aliphatic carbocycles. The van der Waals surface area contributed by atoms with Gasteiger partial charge in [-0.15, -0.1) is 0 Å².